The number of carbonyl (C=O) groups is 1. The highest BCUT2D eigenvalue weighted by Crippen LogP contribution is 2.41. The molecule has 0 aromatic carbocycles. The van der Waals surface area contributed by atoms with Gasteiger partial charge < -0.3 is 5.11 Å². The Balaban J connectivity index is 2.99. The molecule has 1 aromatic heterocycles. The van der Waals surface area contributed by atoms with Gasteiger partial charge >= 0.3 is 5.97 Å². The first-order valence-electron chi connectivity index (χ1n) is 4.08. The van der Waals surface area contributed by atoms with E-state index in [9.17, 15) is 4.79 Å². The maximum Gasteiger partial charge on any atom is 0.331 e. The van der Waals surface area contributed by atoms with Crippen LogP contribution in [0.4, 0.5) is 0 Å². The number of hydrogen-bond donors (Lipinski definition) is 1. The van der Waals surface area contributed by atoms with Gasteiger partial charge in [0.25, 0.3) is 0 Å². The molecule has 0 saturated heterocycles. The monoisotopic (exact) mass is 331 g/mol. The van der Waals surface area contributed by atoms with Crippen molar-refractivity contribution in [2.45, 2.75) is 4.90 Å². The SMILES string of the molecule is C=C(CSc1c(Cl)c(Cl)nc(Cl)c1Cl)C(=O)O. The number of hydrogen-bond acceptors (Lipinski definition) is 3. The Morgan fingerprint density at radius 1 is 1.24 bits per heavy atom. The van der Waals surface area contributed by atoms with Crippen molar-refractivity contribution in [2.75, 3.05) is 5.75 Å². The van der Waals surface area contributed by atoms with Gasteiger partial charge in [-0.1, -0.05) is 53.0 Å². The van der Waals surface area contributed by atoms with Crippen LogP contribution < -0.4 is 0 Å². The van der Waals surface area contributed by atoms with Crippen LogP contribution >= 0.6 is 58.2 Å². The van der Waals surface area contributed by atoms with Gasteiger partial charge in [-0.15, -0.1) is 11.8 Å². The van der Waals surface area contributed by atoms with Crippen molar-refractivity contribution < 1.29 is 9.90 Å². The number of aliphatic carboxylic acids is 1. The summed E-state index contributed by atoms with van der Waals surface area (Å²) in [6, 6.07) is 0. The minimum absolute atomic E-state index is 0.0181. The quantitative estimate of drug-likeness (QED) is 0.503. The molecular formula is C9H5Cl4NO2S. The first-order chi connectivity index (χ1) is 7.84. The summed E-state index contributed by atoms with van der Waals surface area (Å²) in [5.41, 5.74) is 0.0196. The van der Waals surface area contributed by atoms with E-state index in [0.717, 1.165) is 11.8 Å². The van der Waals surface area contributed by atoms with Crippen molar-refractivity contribution in [2.24, 2.45) is 0 Å². The smallest absolute Gasteiger partial charge is 0.331 e. The summed E-state index contributed by atoms with van der Waals surface area (Å²) in [7, 11) is 0. The maximum absolute atomic E-state index is 10.6. The maximum atomic E-state index is 10.6. The minimum Gasteiger partial charge on any atom is -0.478 e. The van der Waals surface area contributed by atoms with Gasteiger partial charge in [0.2, 0.25) is 0 Å². The van der Waals surface area contributed by atoms with E-state index in [-0.39, 0.29) is 31.7 Å². The fourth-order valence-electron chi connectivity index (χ4n) is 0.816. The summed E-state index contributed by atoms with van der Waals surface area (Å²) < 4.78 is 0. The molecule has 0 atom stereocenters. The van der Waals surface area contributed by atoms with Crippen LogP contribution in [0.15, 0.2) is 17.0 Å². The van der Waals surface area contributed by atoms with Gasteiger partial charge in [0.05, 0.1) is 14.9 Å². The van der Waals surface area contributed by atoms with E-state index in [0.29, 0.717) is 4.90 Å². The van der Waals surface area contributed by atoms with E-state index in [1.54, 1.807) is 0 Å². The second-order valence-corrected chi connectivity index (χ2v) is 5.31. The molecule has 0 amide bonds. The Morgan fingerprint density at radius 3 is 2.12 bits per heavy atom. The number of halogens is 4. The molecule has 1 rings (SSSR count). The van der Waals surface area contributed by atoms with Gasteiger partial charge in [-0.25, -0.2) is 9.78 Å². The number of rotatable bonds is 4. The highest BCUT2D eigenvalue weighted by Gasteiger charge is 2.17. The zero-order chi connectivity index (χ0) is 13.2. The Morgan fingerprint density at radius 2 is 1.71 bits per heavy atom. The largest absolute Gasteiger partial charge is 0.478 e. The van der Waals surface area contributed by atoms with Crippen LogP contribution in [0.1, 0.15) is 0 Å². The minimum atomic E-state index is -1.09. The van der Waals surface area contributed by atoms with Crippen molar-refractivity contribution in [1.29, 1.82) is 0 Å². The first kappa shape index (κ1) is 14.9. The van der Waals surface area contributed by atoms with Crippen molar-refractivity contribution in [3.63, 3.8) is 0 Å². The van der Waals surface area contributed by atoms with E-state index in [1.807, 2.05) is 0 Å². The van der Waals surface area contributed by atoms with Crippen molar-refractivity contribution in [3.8, 4) is 0 Å². The molecule has 92 valence electrons. The fraction of sp³-hybridized carbons (Fsp3) is 0.111. The summed E-state index contributed by atoms with van der Waals surface area (Å²) in [6.07, 6.45) is 0. The lowest BCUT2D eigenvalue weighted by molar-refractivity contribution is -0.132. The molecule has 0 saturated carbocycles. The zero-order valence-corrected chi connectivity index (χ0v) is 12.0. The Hall–Kier alpha value is -0.130. The van der Waals surface area contributed by atoms with Gasteiger partial charge in [-0.2, -0.15) is 0 Å². The third kappa shape index (κ3) is 3.66. The fourth-order valence-corrected chi connectivity index (χ4v) is 2.87. The molecule has 17 heavy (non-hydrogen) atoms. The van der Waals surface area contributed by atoms with Crippen molar-refractivity contribution in [1.82, 2.24) is 4.98 Å². The Kier molecular flexibility index (Phi) is 5.41. The lowest BCUT2D eigenvalue weighted by Gasteiger charge is -2.08. The van der Waals surface area contributed by atoms with Gasteiger partial charge in [-0.05, 0) is 0 Å². The Bertz CT molecular complexity index is 466. The van der Waals surface area contributed by atoms with Crippen LogP contribution in [-0.2, 0) is 4.79 Å². The molecule has 1 N–H and O–H groups in total. The lowest BCUT2D eigenvalue weighted by Crippen LogP contribution is -2.01. The lowest BCUT2D eigenvalue weighted by atomic mass is 10.4. The molecule has 0 aliphatic carbocycles. The van der Waals surface area contributed by atoms with Crippen LogP contribution in [0.3, 0.4) is 0 Å². The van der Waals surface area contributed by atoms with E-state index in [1.165, 1.54) is 0 Å². The number of carboxylic acids is 1. The summed E-state index contributed by atoms with van der Waals surface area (Å²) >= 11 is 24.3. The number of thioether (sulfide) groups is 1. The number of carboxylic acid groups (broad SMARTS) is 1. The molecule has 3 nitrogen and oxygen atoms in total. The van der Waals surface area contributed by atoms with E-state index in [4.69, 9.17) is 51.5 Å². The van der Waals surface area contributed by atoms with Crippen LogP contribution in [0.5, 0.6) is 0 Å². The van der Waals surface area contributed by atoms with Crippen LogP contribution in [0.2, 0.25) is 20.4 Å². The van der Waals surface area contributed by atoms with Crippen molar-refractivity contribution >= 4 is 64.1 Å². The van der Waals surface area contributed by atoms with Gasteiger partial charge in [0, 0.05) is 11.3 Å². The number of aromatic nitrogens is 1. The molecule has 0 bridgehead atoms. The van der Waals surface area contributed by atoms with Gasteiger partial charge in [-0.3, -0.25) is 0 Å². The first-order valence-corrected chi connectivity index (χ1v) is 6.58. The van der Waals surface area contributed by atoms with E-state index >= 15 is 0 Å². The summed E-state index contributed by atoms with van der Waals surface area (Å²) in [6.45, 7) is 3.39. The highest BCUT2D eigenvalue weighted by atomic mass is 35.5. The number of nitrogens with zero attached hydrogens (tertiary/aromatic N) is 1. The summed E-state index contributed by atoms with van der Waals surface area (Å²) in [4.78, 5) is 14.7. The zero-order valence-electron chi connectivity index (χ0n) is 8.14. The molecule has 0 aliphatic rings. The average molecular weight is 333 g/mol. The highest BCUT2D eigenvalue weighted by molar-refractivity contribution is 7.99. The molecule has 8 heteroatoms. The summed E-state index contributed by atoms with van der Waals surface area (Å²) in [5, 5.41) is 8.99. The predicted octanol–water partition coefficient (Wildman–Crippen LogP) is 4.43. The molecule has 0 fully saturated rings. The third-order valence-electron chi connectivity index (χ3n) is 1.65. The normalized spacial score (nSPS) is 10.4. The van der Waals surface area contributed by atoms with Gasteiger partial charge in [0.1, 0.15) is 0 Å². The van der Waals surface area contributed by atoms with Crippen LogP contribution in [0.25, 0.3) is 0 Å². The molecule has 0 radical (unpaired) electrons. The third-order valence-corrected chi connectivity index (χ3v) is 4.54. The Labute approximate surface area is 122 Å². The molecule has 0 spiro atoms. The standard InChI is InChI=1S/C9H5Cl4NO2S/c1-3(9(15)16)2-17-6-4(10)7(12)14-8(13)5(6)11/h1-2H2,(H,15,16). The molecular weight excluding hydrogens is 328 g/mol. The van der Waals surface area contributed by atoms with Crippen LogP contribution in [-0.4, -0.2) is 21.8 Å². The molecule has 0 aliphatic heterocycles. The molecule has 0 unspecified atom stereocenters. The molecule has 1 aromatic rings. The summed E-state index contributed by atoms with van der Waals surface area (Å²) in [5.74, 6) is -0.971. The second-order valence-electron chi connectivity index (χ2n) is 2.85. The van der Waals surface area contributed by atoms with Crippen LogP contribution in [0, 0.1) is 0 Å². The molecule has 1 heterocycles. The number of pyridine rings is 1. The average Bonchev–Trinajstić information content (AvgIpc) is 2.26. The second kappa shape index (κ2) is 6.16. The van der Waals surface area contributed by atoms with E-state index < -0.39 is 5.97 Å². The predicted molar refractivity (Wildman–Crippen MR) is 71.8 cm³/mol. The topological polar surface area (TPSA) is 50.2 Å². The van der Waals surface area contributed by atoms with Crippen molar-refractivity contribution in [3.05, 3.63) is 32.5 Å². The van der Waals surface area contributed by atoms with E-state index in [2.05, 4.69) is 11.6 Å². The van der Waals surface area contributed by atoms with Gasteiger partial charge in [0.15, 0.2) is 10.3 Å².